The number of para-hydroxylation sites is 1. The monoisotopic (exact) mass is 388 g/mol. The van der Waals surface area contributed by atoms with Crippen molar-refractivity contribution in [2.24, 2.45) is 0 Å². The normalized spacial score (nSPS) is 12.6. The third-order valence-corrected chi connectivity index (χ3v) is 3.58. The Labute approximate surface area is 147 Å². The summed E-state index contributed by atoms with van der Waals surface area (Å²) in [5.41, 5.74) is -1.80. The molecule has 5 nitrogen and oxygen atoms in total. The summed E-state index contributed by atoms with van der Waals surface area (Å²) in [5.74, 6) is -0.254. The van der Waals surface area contributed by atoms with Crippen LogP contribution in [0.2, 0.25) is 0 Å². The molecule has 0 fully saturated rings. The van der Waals surface area contributed by atoms with Gasteiger partial charge in [-0.2, -0.15) is 31.3 Å². The Bertz CT molecular complexity index is 999. The average molecular weight is 388 g/mol. The standard InChI is InChI=1S/C16H10F6N4O/c17-15(18,19)13(16(20,21)22)26-11(27)7-6-9-8-23-14(25-12(9)26)24-10-4-2-1-3-5-10/h1-8,13H,(H,23,24,25). The van der Waals surface area contributed by atoms with Crippen LogP contribution < -0.4 is 10.9 Å². The molecule has 0 atom stereocenters. The molecular weight excluding hydrogens is 378 g/mol. The molecule has 0 saturated heterocycles. The Morgan fingerprint density at radius 2 is 1.56 bits per heavy atom. The first kappa shape index (κ1) is 18.7. The van der Waals surface area contributed by atoms with E-state index in [1.165, 1.54) is 0 Å². The van der Waals surface area contributed by atoms with Crippen molar-refractivity contribution < 1.29 is 26.3 Å². The van der Waals surface area contributed by atoms with E-state index in [2.05, 4.69) is 15.3 Å². The van der Waals surface area contributed by atoms with Gasteiger partial charge in [-0.15, -0.1) is 0 Å². The average Bonchev–Trinajstić information content (AvgIpc) is 2.56. The molecule has 0 aliphatic rings. The molecule has 2 aromatic heterocycles. The number of hydrogen-bond acceptors (Lipinski definition) is 4. The second-order valence-electron chi connectivity index (χ2n) is 5.49. The van der Waals surface area contributed by atoms with Crippen molar-refractivity contribution in [3.63, 3.8) is 0 Å². The molecule has 27 heavy (non-hydrogen) atoms. The number of alkyl halides is 6. The van der Waals surface area contributed by atoms with Crippen LogP contribution in [0.15, 0.2) is 53.5 Å². The number of nitrogens with one attached hydrogen (secondary N) is 1. The lowest BCUT2D eigenvalue weighted by Crippen LogP contribution is -2.43. The van der Waals surface area contributed by atoms with Gasteiger partial charge < -0.3 is 5.32 Å². The second kappa shape index (κ2) is 6.56. The zero-order valence-corrected chi connectivity index (χ0v) is 13.2. The lowest BCUT2D eigenvalue weighted by molar-refractivity contribution is -0.274. The summed E-state index contributed by atoms with van der Waals surface area (Å²) >= 11 is 0. The molecule has 0 bridgehead atoms. The molecule has 0 radical (unpaired) electrons. The van der Waals surface area contributed by atoms with Crippen molar-refractivity contribution in [1.29, 1.82) is 0 Å². The molecule has 0 spiro atoms. The SMILES string of the molecule is O=c1ccc2cnc(Nc3ccccc3)nc2n1C(C(F)(F)F)C(F)(F)F. The van der Waals surface area contributed by atoms with Crippen molar-refractivity contribution in [1.82, 2.24) is 14.5 Å². The van der Waals surface area contributed by atoms with Gasteiger partial charge in [0, 0.05) is 23.3 Å². The Morgan fingerprint density at radius 1 is 0.926 bits per heavy atom. The largest absolute Gasteiger partial charge is 0.418 e. The summed E-state index contributed by atoms with van der Waals surface area (Å²) in [6, 6.07) is 5.86. The zero-order valence-electron chi connectivity index (χ0n) is 13.2. The van der Waals surface area contributed by atoms with Crippen molar-refractivity contribution in [3.05, 3.63) is 59.0 Å². The molecule has 0 aliphatic carbocycles. The Hall–Kier alpha value is -3.11. The maximum atomic E-state index is 13.1. The van der Waals surface area contributed by atoms with Crippen LogP contribution in [0.4, 0.5) is 38.0 Å². The van der Waals surface area contributed by atoms with Crippen LogP contribution in [0.5, 0.6) is 0 Å². The number of rotatable bonds is 3. The molecule has 0 saturated carbocycles. The van der Waals surface area contributed by atoms with Crippen molar-refractivity contribution >= 4 is 22.7 Å². The number of nitrogens with zero attached hydrogens (tertiary/aromatic N) is 3. The number of hydrogen-bond donors (Lipinski definition) is 1. The number of pyridine rings is 1. The number of anilines is 2. The topological polar surface area (TPSA) is 59.8 Å². The molecule has 1 N–H and O–H groups in total. The molecule has 3 aromatic rings. The summed E-state index contributed by atoms with van der Waals surface area (Å²) in [6.45, 7) is 0. The fourth-order valence-corrected chi connectivity index (χ4v) is 2.48. The van der Waals surface area contributed by atoms with Crippen LogP contribution in [-0.2, 0) is 0 Å². The highest BCUT2D eigenvalue weighted by Crippen LogP contribution is 2.43. The Kier molecular flexibility index (Phi) is 4.54. The van der Waals surface area contributed by atoms with E-state index in [0.29, 0.717) is 11.8 Å². The summed E-state index contributed by atoms with van der Waals surface area (Å²) < 4.78 is 78.3. The Balaban J connectivity index is 2.21. The van der Waals surface area contributed by atoms with Gasteiger partial charge in [0.05, 0.1) is 0 Å². The molecule has 142 valence electrons. The highest BCUT2D eigenvalue weighted by atomic mass is 19.4. The smallest absolute Gasteiger partial charge is 0.324 e. The molecular formula is C16H10F6N4O. The third kappa shape index (κ3) is 3.86. The summed E-state index contributed by atoms with van der Waals surface area (Å²) in [6.07, 6.45) is -10.4. The quantitative estimate of drug-likeness (QED) is 0.684. The van der Waals surface area contributed by atoms with Crippen LogP contribution in [-0.4, -0.2) is 26.9 Å². The summed E-state index contributed by atoms with van der Waals surface area (Å²) in [7, 11) is 0. The minimum atomic E-state index is -5.74. The highest BCUT2D eigenvalue weighted by molar-refractivity contribution is 5.75. The third-order valence-electron chi connectivity index (χ3n) is 3.58. The van der Waals surface area contributed by atoms with E-state index in [9.17, 15) is 31.1 Å². The minimum Gasteiger partial charge on any atom is -0.324 e. The number of halogens is 6. The van der Waals surface area contributed by atoms with Gasteiger partial charge in [-0.3, -0.25) is 9.36 Å². The van der Waals surface area contributed by atoms with E-state index in [0.717, 1.165) is 12.3 Å². The number of fused-ring (bicyclic) bond motifs is 1. The van der Waals surface area contributed by atoms with Crippen LogP contribution in [0.1, 0.15) is 6.04 Å². The summed E-state index contributed by atoms with van der Waals surface area (Å²) in [5, 5.41) is 2.51. The van der Waals surface area contributed by atoms with E-state index in [1.54, 1.807) is 30.3 Å². The molecule has 0 aliphatic heterocycles. The van der Waals surface area contributed by atoms with E-state index >= 15 is 0 Å². The predicted octanol–water partition coefficient (Wildman–Crippen LogP) is 4.20. The predicted molar refractivity (Wildman–Crippen MR) is 84.7 cm³/mol. The fraction of sp³-hybridized carbons (Fsp3) is 0.188. The molecule has 3 rings (SSSR count). The first-order valence-corrected chi connectivity index (χ1v) is 7.41. The first-order valence-electron chi connectivity index (χ1n) is 7.41. The lowest BCUT2D eigenvalue weighted by atomic mass is 10.2. The fourth-order valence-electron chi connectivity index (χ4n) is 2.48. The number of aromatic nitrogens is 3. The van der Waals surface area contributed by atoms with Gasteiger partial charge in [0.1, 0.15) is 5.65 Å². The van der Waals surface area contributed by atoms with Gasteiger partial charge in [-0.1, -0.05) is 18.2 Å². The van der Waals surface area contributed by atoms with Gasteiger partial charge in [0.15, 0.2) is 0 Å². The van der Waals surface area contributed by atoms with Gasteiger partial charge >= 0.3 is 12.4 Å². The van der Waals surface area contributed by atoms with E-state index < -0.39 is 34.2 Å². The molecule has 2 heterocycles. The molecule has 1 aromatic carbocycles. The van der Waals surface area contributed by atoms with Gasteiger partial charge in [0.25, 0.3) is 5.56 Å². The molecule has 11 heteroatoms. The lowest BCUT2D eigenvalue weighted by Gasteiger charge is -2.25. The number of benzene rings is 1. The molecule has 0 unspecified atom stereocenters. The maximum Gasteiger partial charge on any atom is 0.418 e. The summed E-state index contributed by atoms with van der Waals surface area (Å²) in [4.78, 5) is 19.5. The van der Waals surface area contributed by atoms with Gasteiger partial charge in [-0.05, 0) is 18.2 Å². The van der Waals surface area contributed by atoms with Crippen molar-refractivity contribution in [2.75, 3.05) is 5.32 Å². The second-order valence-corrected chi connectivity index (χ2v) is 5.49. The maximum absolute atomic E-state index is 13.1. The minimum absolute atomic E-state index is 0.147. The first-order chi connectivity index (χ1) is 12.6. The van der Waals surface area contributed by atoms with Crippen LogP contribution in [0, 0.1) is 0 Å². The van der Waals surface area contributed by atoms with Gasteiger partial charge in [-0.25, -0.2) is 4.98 Å². The molecule has 0 amide bonds. The Morgan fingerprint density at radius 3 is 2.15 bits per heavy atom. The van der Waals surface area contributed by atoms with Crippen LogP contribution in [0.25, 0.3) is 11.0 Å². The van der Waals surface area contributed by atoms with Gasteiger partial charge in [0.2, 0.25) is 12.0 Å². The highest BCUT2D eigenvalue weighted by Gasteiger charge is 2.59. The zero-order chi connectivity index (χ0) is 19.8. The van der Waals surface area contributed by atoms with E-state index in [-0.39, 0.29) is 11.3 Å². The van der Waals surface area contributed by atoms with Crippen LogP contribution in [0.3, 0.4) is 0 Å². The van der Waals surface area contributed by atoms with Crippen molar-refractivity contribution in [3.8, 4) is 0 Å². The van der Waals surface area contributed by atoms with E-state index in [4.69, 9.17) is 0 Å². The van der Waals surface area contributed by atoms with Crippen molar-refractivity contribution in [2.45, 2.75) is 18.4 Å². The van der Waals surface area contributed by atoms with Crippen LogP contribution >= 0.6 is 0 Å². The van der Waals surface area contributed by atoms with E-state index in [1.807, 2.05) is 0 Å².